The van der Waals surface area contributed by atoms with Crippen LogP contribution in [-0.4, -0.2) is 16.3 Å². The molecule has 1 aromatic carbocycles. The van der Waals surface area contributed by atoms with E-state index in [0.29, 0.717) is 18.0 Å². The van der Waals surface area contributed by atoms with Gasteiger partial charge in [0, 0.05) is 48.6 Å². The van der Waals surface area contributed by atoms with E-state index >= 15 is 0 Å². The molecular formula is C19H22N2O4S. The molecule has 1 fully saturated rings. The van der Waals surface area contributed by atoms with Crippen molar-refractivity contribution < 1.29 is 14.3 Å². The molecule has 2 aliphatic rings. The third-order valence-corrected chi connectivity index (χ3v) is 5.85. The average Bonchev–Trinajstić information content (AvgIpc) is 3.13. The number of nitrogens with one attached hydrogen (secondary N) is 1. The second-order valence-electron chi connectivity index (χ2n) is 6.93. The van der Waals surface area contributed by atoms with E-state index in [4.69, 9.17) is 9.47 Å². The van der Waals surface area contributed by atoms with E-state index in [2.05, 4.69) is 5.32 Å². The Bertz CT molecular complexity index is 880. The van der Waals surface area contributed by atoms with E-state index in [1.165, 1.54) is 6.42 Å². The van der Waals surface area contributed by atoms with Gasteiger partial charge in [0.1, 0.15) is 0 Å². The Morgan fingerprint density at radius 3 is 2.73 bits per heavy atom. The molecule has 1 N–H and O–H groups in total. The number of rotatable bonds is 4. The summed E-state index contributed by atoms with van der Waals surface area (Å²) in [6.45, 7) is 2.25. The van der Waals surface area contributed by atoms with Crippen molar-refractivity contribution in [1.29, 1.82) is 0 Å². The summed E-state index contributed by atoms with van der Waals surface area (Å²) in [5.74, 6) is 0.787. The summed E-state index contributed by atoms with van der Waals surface area (Å²) in [6, 6.07) is 5.49. The summed E-state index contributed by atoms with van der Waals surface area (Å²) in [5.41, 5.74) is 1.56. The van der Waals surface area contributed by atoms with E-state index in [9.17, 15) is 9.59 Å². The van der Waals surface area contributed by atoms with Crippen LogP contribution in [0.4, 0.5) is 5.69 Å². The maximum Gasteiger partial charge on any atom is 0.307 e. The lowest BCUT2D eigenvalue weighted by Gasteiger charge is -2.31. The lowest BCUT2D eigenvalue weighted by atomic mass is 9.94. The molecule has 0 atom stereocenters. The average molecular weight is 374 g/mol. The van der Waals surface area contributed by atoms with Gasteiger partial charge in [-0.15, -0.1) is 0 Å². The fourth-order valence-corrected chi connectivity index (χ4v) is 4.34. The van der Waals surface area contributed by atoms with Gasteiger partial charge in [0.05, 0.1) is 0 Å². The van der Waals surface area contributed by atoms with Crippen molar-refractivity contribution in [3.05, 3.63) is 38.9 Å². The highest BCUT2D eigenvalue weighted by molar-refractivity contribution is 7.07. The van der Waals surface area contributed by atoms with Crippen molar-refractivity contribution in [2.24, 2.45) is 0 Å². The number of aromatic nitrogens is 1. The van der Waals surface area contributed by atoms with Crippen molar-refractivity contribution in [1.82, 2.24) is 4.57 Å². The number of anilines is 1. The Kier molecular flexibility index (Phi) is 4.48. The zero-order chi connectivity index (χ0) is 18.1. The number of carbonyl (C=O) groups excluding carboxylic acids is 1. The number of hydrogen-bond donors (Lipinski definition) is 1. The standard InChI is InChI=1S/C19H22N2O4S/c1-13-12-26-18(23)21(13)10-7-17(22)20-14-5-6-15-16(11-14)25-19(24-15)8-3-2-4-9-19/h5-6,11-12H,2-4,7-10H2,1H3,(H,20,22). The lowest BCUT2D eigenvalue weighted by Crippen LogP contribution is -2.40. The van der Waals surface area contributed by atoms with Crippen LogP contribution in [0, 0.1) is 6.92 Å². The highest BCUT2D eigenvalue weighted by Crippen LogP contribution is 2.46. The predicted octanol–water partition coefficient (Wildman–Crippen LogP) is 3.68. The van der Waals surface area contributed by atoms with Gasteiger partial charge in [-0.05, 0) is 31.9 Å². The molecule has 26 heavy (non-hydrogen) atoms. The second-order valence-corrected chi connectivity index (χ2v) is 7.75. The Morgan fingerprint density at radius 2 is 2.00 bits per heavy atom. The van der Waals surface area contributed by atoms with Gasteiger partial charge in [-0.25, -0.2) is 0 Å². The summed E-state index contributed by atoms with van der Waals surface area (Å²) in [5, 5.41) is 4.68. The van der Waals surface area contributed by atoms with Gasteiger partial charge in [0.25, 0.3) is 5.79 Å². The first-order valence-electron chi connectivity index (χ1n) is 9.02. The number of fused-ring (bicyclic) bond motifs is 1. The molecule has 1 saturated carbocycles. The lowest BCUT2D eigenvalue weighted by molar-refractivity contribution is -0.116. The quantitative estimate of drug-likeness (QED) is 0.886. The molecule has 2 heterocycles. The third kappa shape index (κ3) is 3.35. The number of amides is 1. The Hall–Kier alpha value is -2.28. The van der Waals surface area contributed by atoms with Crippen LogP contribution in [0.1, 0.15) is 44.2 Å². The van der Waals surface area contributed by atoms with Gasteiger partial charge in [0.15, 0.2) is 11.5 Å². The van der Waals surface area contributed by atoms with Crippen LogP contribution in [0.25, 0.3) is 0 Å². The van der Waals surface area contributed by atoms with Crippen LogP contribution in [0.5, 0.6) is 11.5 Å². The van der Waals surface area contributed by atoms with Crippen molar-refractivity contribution in [2.75, 3.05) is 5.32 Å². The highest BCUT2D eigenvalue weighted by Gasteiger charge is 2.42. The fourth-order valence-electron chi connectivity index (χ4n) is 3.58. The van der Waals surface area contributed by atoms with E-state index < -0.39 is 5.79 Å². The first-order chi connectivity index (χ1) is 12.5. The molecule has 1 aliphatic heterocycles. The zero-order valence-corrected chi connectivity index (χ0v) is 15.6. The number of aryl methyl sites for hydroxylation is 1. The van der Waals surface area contributed by atoms with Crippen molar-refractivity contribution in [2.45, 2.75) is 57.8 Å². The molecule has 0 radical (unpaired) electrons. The molecule has 2 aromatic rings. The largest absolute Gasteiger partial charge is 0.448 e. The van der Waals surface area contributed by atoms with Crippen LogP contribution < -0.4 is 19.7 Å². The molecule has 1 aliphatic carbocycles. The van der Waals surface area contributed by atoms with Gasteiger partial charge < -0.3 is 19.4 Å². The molecule has 138 valence electrons. The highest BCUT2D eigenvalue weighted by atomic mass is 32.1. The maximum atomic E-state index is 12.2. The number of thiazole rings is 1. The number of ether oxygens (including phenoxy) is 2. The first-order valence-corrected chi connectivity index (χ1v) is 9.90. The van der Waals surface area contributed by atoms with E-state index in [-0.39, 0.29) is 17.2 Å². The molecule has 1 aromatic heterocycles. The summed E-state index contributed by atoms with van der Waals surface area (Å²) in [6.07, 6.45) is 5.49. The summed E-state index contributed by atoms with van der Waals surface area (Å²) < 4.78 is 13.8. The Labute approximate surface area is 155 Å². The molecule has 0 saturated heterocycles. The predicted molar refractivity (Wildman–Crippen MR) is 100 cm³/mol. The molecule has 7 heteroatoms. The topological polar surface area (TPSA) is 69.6 Å². The van der Waals surface area contributed by atoms with Crippen LogP contribution in [-0.2, 0) is 11.3 Å². The number of benzene rings is 1. The third-order valence-electron chi connectivity index (χ3n) is 4.97. The molecule has 1 amide bonds. The molecule has 1 spiro atoms. The molecular weight excluding hydrogens is 352 g/mol. The van der Waals surface area contributed by atoms with Crippen molar-refractivity contribution in [3.8, 4) is 11.5 Å². The molecule has 0 bridgehead atoms. The van der Waals surface area contributed by atoms with Gasteiger partial charge in [0.2, 0.25) is 5.91 Å². The first kappa shape index (κ1) is 17.1. The van der Waals surface area contributed by atoms with Gasteiger partial charge in [-0.3, -0.25) is 9.59 Å². The maximum absolute atomic E-state index is 12.2. The monoisotopic (exact) mass is 374 g/mol. The van der Waals surface area contributed by atoms with Gasteiger partial charge in [-0.2, -0.15) is 0 Å². The Balaban J connectivity index is 1.38. The zero-order valence-electron chi connectivity index (χ0n) is 14.7. The van der Waals surface area contributed by atoms with E-state index in [0.717, 1.165) is 48.5 Å². The molecule has 4 rings (SSSR count). The van der Waals surface area contributed by atoms with E-state index in [1.54, 1.807) is 9.95 Å². The minimum atomic E-state index is -0.513. The minimum absolute atomic E-state index is 0.0313. The van der Waals surface area contributed by atoms with Crippen molar-refractivity contribution >= 4 is 22.9 Å². The minimum Gasteiger partial charge on any atom is -0.448 e. The van der Waals surface area contributed by atoms with Crippen LogP contribution in [0.2, 0.25) is 0 Å². The number of hydrogen-bond acceptors (Lipinski definition) is 5. The Morgan fingerprint density at radius 1 is 1.23 bits per heavy atom. The van der Waals surface area contributed by atoms with E-state index in [1.807, 2.05) is 25.1 Å². The van der Waals surface area contributed by atoms with Crippen LogP contribution >= 0.6 is 11.3 Å². The van der Waals surface area contributed by atoms with Crippen molar-refractivity contribution in [3.63, 3.8) is 0 Å². The number of nitrogens with zero attached hydrogens (tertiary/aromatic N) is 1. The van der Waals surface area contributed by atoms with Crippen LogP contribution in [0.15, 0.2) is 28.4 Å². The summed E-state index contributed by atoms with van der Waals surface area (Å²) in [4.78, 5) is 23.9. The second kappa shape index (κ2) is 6.79. The fraction of sp³-hybridized carbons (Fsp3) is 0.474. The number of carbonyl (C=O) groups is 1. The normalized spacial score (nSPS) is 17.4. The van der Waals surface area contributed by atoms with Gasteiger partial charge in [-0.1, -0.05) is 17.8 Å². The molecule has 6 nitrogen and oxygen atoms in total. The summed E-state index contributed by atoms with van der Waals surface area (Å²) >= 11 is 1.16. The van der Waals surface area contributed by atoms with Crippen LogP contribution in [0.3, 0.4) is 0 Å². The van der Waals surface area contributed by atoms with Gasteiger partial charge >= 0.3 is 4.87 Å². The smallest absolute Gasteiger partial charge is 0.307 e. The summed E-state index contributed by atoms with van der Waals surface area (Å²) in [7, 11) is 0. The molecule has 0 unspecified atom stereocenters. The SMILES string of the molecule is Cc1csc(=O)n1CCC(=O)Nc1ccc2c(c1)OC1(CCCCC1)O2.